The molecule has 0 saturated heterocycles. The number of amides is 1. The first-order chi connectivity index (χ1) is 9.45. The average molecular weight is 294 g/mol. The molecule has 0 spiro atoms. The first-order valence-electron chi connectivity index (χ1n) is 6.63. The van der Waals surface area contributed by atoms with Crippen molar-refractivity contribution in [2.75, 3.05) is 13.2 Å². The van der Waals surface area contributed by atoms with E-state index in [9.17, 15) is 4.79 Å². The molecule has 0 aliphatic heterocycles. The molecule has 1 atom stereocenters. The van der Waals surface area contributed by atoms with Crippen LogP contribution in [0.15, 0.2) is 18.2 Å². The fourth-order valence-corrected chi connectivity index (χ4v) is 1.71. The van der Waals surface area contributed by atoms with E-state index in [1.807, 2.05) is 0 Å². The van der Waals surface area contributed by atoms with E-state index in [0.29, 0.717) is 34.5 Å². The zero-order valence-corrected chi connectivity index (χ0v) is 12.8. The number of rotatable bonds is 4. The predicted octanol–water partition coefficient (Wildman–Crippen LogP) is 2.71. The second kappa shape index (κ2) is 7.94. The zero-order valence-electron chi connectivity index (χ0n) is 12.0. The van der Waals surface area contributed by atoms with Gasteiger partial charge >= 0.3 is 0 Å². The minimum Gasteiger partial charge on any atom is -0.384 e. The van der Waals surface area contributed by atoms with Crippen LogP contribution in [-0.2, 0) is 0 Å². The number of carbonyl (C=O) groups excluding carboxylic acids is 1. The SMILES string of the molecule is CC(C)C(C)CNC(=O)c1ccc(C#CCO)c(Cl)c1. The van der Waals surface area contributed by atoms with Crippen LogP contribution in [0.1, 0.15) is 36.7 Å². The molecule has 0 saturated carbocycles. The lowest BCUT2D eigenvalue weighted by atomic mass is 9.98. The van der Waals surface area contributed by atoms with Gasteiger partial charge in [-0.3, -0.25) is 4.79 Å². The molecule has 1 aromatic carbocycles. The highest BCUT2D eigenvalue weighted by Gasteiger charge is 2.11. The Morgan fingerprint density at radius 2 is 2.10 bits per heavy atom. The van der Waals surface area contributed by atoms with Gasteiger partial charge in [0.2, 0.25) is 0 Å². The highest BCUT2D eigenvalue weighted by molar-refractivity contribution is 6.32. The van der Waals surface area contributed by atoms with Crippen molar-refractivity contribution >= 4 is 17.5 Å². The molecule has 1 rings (SSSR count). The summed E-state index contributed by atoms with van der Waals surface area (Å²) >= 11 is 6.06. The summed E-state index contributed by atoms with van der Waals surface area (Å²) in [4.78, 5) is 12.0. The number of hydrogen-bond donors (Lipinski definition) is 2. The van der Waals surface area contributed by atoms with Gasteiger partial charge < -0.3 is 10.4 Å². The Kier molecular flexibility index (Phi) is 6.57. The number of aliphatic hydroxyl groups excluding tert-OH is 1. The maximum Gasteiger partial charge on any atom is 0.251 e. The number of carbonyl (C=O) groups is 1. The molecule has 0 aliphatic carbocycles. The lowest BCUT2D eigenvalue weighted by molar-refractivity contribution is 0.0945. The molecule has 3 nitrogen and oxygen atoms in total. The first kappa shape index (κ1) is 16.6. The summed E-state index contributed by atoms with van der Waals surface area (Å²) in [5.41, 5.74) is 1.12. The first-order valence-corrected chi connectivity index (χ1v) is 7.01. The van der Waals surface area contributed by atoms with Gasteiger partial charge in [-0.2, -0.15) is 0 Å². The third-order valence-corrected chi connectivity index (χ3v) is 3.57. The van der Waals surface area contributed by atoms with Crippen molar-refractivity contribution in [3.8, 4) is 11.8 Å². The zero-order chi connectivity index (χ0) is 15.1. The van der Waals surface area contributed by atoms with Crippen molar-refractivity contribution in [2.45, 2.75) is 20.8 Å². The molecule has 2 N–H and O–H groups in total. The number of aliphatic hydroxyl groups is 1. The van der Waals surface area contributed by atoms with E-state index in [1.165, 1.54) is 0 Å². The molecule has 0 aliphatic rings. The quantitative estimate of drug-likeness (QED) is 0.839. The molecule has 1 aromatic rings. The van der Waals surface area contributed by atoms with Gasteiger partial charge in [-0.15, -0.1) is 0 Å². The Hall–Kier alpha value is -1.50. The number of benzene rings is 1. The van der Waals surface area contributed by atoms with Crippen LogP contribution in [-0.4, -0.2) is 24.2 Å². The molecule has 20 heavy (non-hydrogen) atoms. The van der Waals surface area contributed by atoms with Gasteiger partial charge in [0.1, 0.15) is 6.61 Å². The highest BCUT2D eigenvalue weighted by Crippen LogP contribution is 2.17. The second-order valence-corrected chi connectivity index (χ2v) is 5.49. The topological polar surface area (TPSA) is 49.3 Å². The Balaban J connectivity index is 2.73. The minimum atomic E-state index is -0.217. The van der Waals surface area contributed by atoms with Crippen LogP contribution in [0.2, 0.25) is 5.02 Å². The fraction of sp³-hybridized carbons (Fsp3) is 0.438. The van der Waals surface area contributed by atoms with Crippen LogP contribution in [0.3, 0.4) is 0 Å². The molecule has 1 unspecified atom stereocenters. The van der Waals surface area contributed by atoms with Gasteiger partial charge in [-0.1, -0.05) is 44.2 Å². The molecule has 0 fully saturated rings. The van der Waals surface area contributed by atoms with Crippen LogP contribution in [0.5, 0.6) is 0 Å². The second-order valence-electron chi connectivity index (χ2n) is 5.09. The summed E-state index contributed by atoms with van der Waals surface area (Å²) in [6, 6.07) is 4.97. The molecular weight excluding hydrogens is 274 g/mol. The van der Waals surface area contributed by atoms with Crippen LogP contribution in [0.4, 0.5) is 0 Å². The van der Waals surface area contributed by atoms with Crippen molar-refractivity contribution in [1.29, 1.82) is 0 Å². The lowest BCUT2D eigenvalue weighted by Crippen LogP contribution is -2.30. The minimum absolute atomic E-state index is 0.138. The maximum absolute atomic E-state index is 12.0. The summed E-state index contributed by atoms with van der Waals surface area (Å²) in [7, 11) is 0. The standard InChI is InChI=1S/C16H20ClNO2/c1-11(2)12(3)10-18-16(20)14-7-6-13(5-4-8-19)15(17)9-14/h6-7,9,11-12,19H,8,10H2,1-3H3,(H,18,20). The third kappa shape index (κ3) is 4.88. The maximum atomic E-state index is 12.0. The smallest absolute Gasteiger partial charge is 0.251 e. The van der Waals surface area contributed by atoms with Crippen molar-refractivity contribution in [2.24, 2.45) is 11.8 Å². The molecule has 108 valence electrons. The summed E-state index contributed by atoms with van der Waals surface area (Å²) in [6.45, 7) is 6.78. The largest absolute Gasteiger partial charge is 0.384 e. The molecule has 4 heteroatoms. The van der Waals surface area contributed by atoms with E-state index in [2.05, 4.69) is 37.9 Å². The van der Waals surface area contributed by atoms with Crippen LogP contribution in [0.25, 0.3) is 0 Å². The molecule has 0 radical (unpaired) electrons. The summed E-state index contributed by atoms with van der Waals surface area (Å²) in [6.07, 6.45) is 0. The fourth-order valence-electron chi connectivity index (χ4n) is 1.48. The number of hydrogen-bond acceptors (Lipinski definition) is 2. The molecule has 0 heterocycles. The van der Waals surface area contributed by atoms with E-state index in [0.717, 1.165) is 0 Å². The Labute approximate surface area is 125 Å². The summed E-state index contributed by atoms with van der Waals surface area (Å²) in [5, 5.41) is 12.0. The molecule has 1 amide bonds. The Morgan fingerprint density at radius 1 is 1.40 bits per heavy atom. The predicted molar refractivity (Wildman–Crippen MR) is 81.8 cm³/mol. The monoisotopic (exact) mass is 293 g/mol. The van der Waals surface area contributed by atoms with Gasteiger partial charge in [0, 0.05) is 17.7 Å². The Bertz CT molecular complexity index is 529. The van der Waals surface area contributed by atoms with Gasteiger partial charge in [0.25, 0.3) is 5.91 Å². The number of halogens is 1. The van der Waals surface area contributed by atoms with Crippen molar-refractivity contribution < 1.29 is 9.90 Å². The summed E-state index contributed by atoms with van der Waals surface area (Å²) in [5.74, 6) is 6.06. The lowest BCUT2D eigenvalue weighted by Gasteiger charge is -2.16. The average Bonchev–Trinajstić information content (AvgIpc) is 2.42. The van der Waals surface area contributed by atoms with Crippen LogP contribution >= 0.6 is 11.6 Å². The van der Waals surface area contributed by atoms with Gasteiger partial charge in [0.05, 0.1) is 5.02 Å². The molecular formula is C16H20ClNO2. The normalized spacial score (nSPS) is 11.7. The van der Waals surface area contributed by atoms with E-state index in [1.54, 1.807) is 18.2 Å². The van der Waals surface area contributed by atoms with Gasteiger partial charge in [-0.25, -0.2) is 0 Å². The summed E-state index contributed by atoms with van der Waals surface area (Å²) < 4.78 is 0. The van der Waals surface area contributed by atoms with E-state index >= 15 is 0 Å². The van der Waals surface area contributed by atoms with Crippen molar-refractivity contribution in [3.05, 3.63) is 34.3 Å². The van der Waals surface area contributed by atoms with Crippen molar-refractivity contribution in [3.63, 3.8) is 0 Å². The third-order valence-electron chi connectivity index (χ3n) is 3.26. The van der Waals surface area contributed by atoms with Gasteiger partial charge in [-0.05, 0) is 30.0 Å². The van der Waals surface area contributed by atoms with Gasteiger partial charge in [0.15, 0.2) is 0 Å². The van der Waals surface area contributed by atoms with Crippen LogP contribution < -0.4 is 5.32 Å². The van der Waals surface area contributed by atoms with E-state index < -0.39 is 0 Å². The van der Waals surface area contributed by atoms with Crippen molar-refractivity contribution in [1.82, 2.24) is 5.32 Å². The van der Waals surface area contributed by atoms with E-state index in [4.69, 9.17) is 16.7 Å². The molecule has 0 aromatic heterocycles. The van der Waals surface area contributed by atoms with Crippen LogP contribution in [0, 0.1) is 23.7 Å². The number of nitrogens with one attached hydrogen (secondary N) is 1. The highest BCUT2D eigenvalue weighted by atomic mass is 35.5. The van der Waals surface area contributed by atoms with E-state index in [-0.39, 0.29) is 12.5 Å². The Morgan fingerprint density at radius 3 is 2.65 bits per heavy atom. The molecule has 0 bridgehead atoms.